The number of nitriles is 1. The van der Waals surface area contributed by atoms with Crippen LogP contribution in [0.1, 0.15) is 18.4 Å². The van der Waals surface area contributed by atoms with Crippen molar-refractivity contribution in [3.63, 3.8) is 0 Å². The van der Waals surface area contributed by atoms with Crippen LogP contribution in [0.2, 0.25) is 0 Å². The van der Waals surface area contributed by atoms with Crippen LogP contribution < -0.4 is 4.90 Å². The van der Waals surface area contributed by atoms with Crippen LogP contribution in [0.15, 0.2) is 79.4 Å². The van der Waals surface area contributed by atoms with Crippen LogP contribution in [-0.4, -0.2) is 27.9 Å². The fourth-order valence-corrected chi connectivity index (χ4v) is 4.11. The molecular weight excluding hydrogens is 370 g/mol. The zero-order valence-electron chi connectivity index (χ0n) is 16.6. The lowest BCUT2D eigenvalue weighted by Crippen LogP contribution is -2.19. The van der Waals surface area contributed by atoms with E-state index in [2.05, 4.69) is 69.6 Å². The van der Waals surface area contributed by atoms with Gasteiger partial charge in [0, 0.05) is 18.7 Å². The van der Waals surface area contributed by atoms with Crippen molar-refractivity contribution >= 4 is 5.69 Å². The van der Waals surface area contributed by atoms with Crippen LogP contribution >= 0.6 is 0 Å². The molecule has 3 aromatic carbocycles. The fraction of sp³-hybridized carbons (Fsp3) is 0.160. The number of aromatic nitrogens is 3. The topological polar surface area (TPSA) is 57.7 Å². The van der Waals surface area contributed by atoms with E-state index >= 15 is 0 Å². The lowest BCUT2D eigenvalue weighted by atomic mass is 9.93. The first kappa shape index (κ1) is 18.1. The minimum Gasteiger partial charge on any atom is -0.370 e. The van der Waals surface area contributed by atoms with Crippen LogP contribution in [0, 0.1) is 11.3 Å². The lowest BCUT2D eigenvalue weighted by Gasteiger charge is -2.22. The smallest absolute Gasteiger partial charge is 0.138 e. The normalized spacial score (nSPS) is 13.4. The Bertz CT molecular complexity index is 1180. The first-order valence-electron chi connectivity index (χ1n) is 10.2. The molecule has 0 N–H and O–H groups in total. The zero-order valence-corrected chi connectivity index (χ0v) is 16.6. The van der Waals surface area contributed by atoms with Crippen molar-refractivity contribution in [2.24, 2.45) is 0 Å². The van der Waals surface area contributed by atoms with Gasteiger partial charge in [-0.3, -0.25) is 0 Å². The highest BCUT2D eigenvalue weighted by Crippen LogP contribution is 2.37. The maximum Gasteiger partial charge on any atom is 0.138 e. The van der Waals surface area contributed by atoms with Crippen LogP contribution in [0.4, 0.5) is 5.69 Å². The van der Waals surface area contributed by atoms with Crippen LogP contribution in [-0.2, 0) is 0 Å². The Kier molecular flexibility index (Phi) is 4.74. The average molecular weight is 391 g/mol. The van der Waals surface area contributed by atoms with E-state index in [0.717, 1.165) is 52.3 Å². The van der Waals surface area contributed by atoms with Gasteiger partial charge in [0.1, 0.15) is 18.7 Å². The third-order valence-corrected chi connectivity index (χ3v) is 5.64. The van der Waals surface area contributed by atoms with E-state index in [1.807, 2.05) is 18.2 Å². The third-order valence-electron chi connectivity index (χ3n) is 5.64. The second kappa shape index (κ2) is 7.84. The Labute approximate surface area is 175 Å². The monoisotopic (exact) mass is 391 g/mol. The Morgan fingerprint density at radius 3 is 2.27 bits per heavy atom. The van der Waals surface area contributed by atoms with Crippen molar-refractivity contribution in [3.05, 3.63) is 84.9 Å². The highest BCUT2D eigenvalue weighted by Gasteiger charge is 2.20. The van der Waals surface area contributed by atoms with Crippen molar-refractivity contribution in [2.75, 3.05) is 18.0 Å². The van der Waals surface area contributed by atoms with Gasteiger partial charge in [-0.1, -0.05) is 42.5 Å². The summed E-state index contributed by atoms with van der Waals surface area (Å²) in [4.78, 5) is 6.36. The summed E-state index contributed by atoms with van der Waals surface area (Å²) >= 11 is 0. The number of benzene rings is 3. The van der Waals surface area contributed by atoms with Crippen molar-refractivity contribution in [3.8, 4) is 34.0 Å². The first-order chi connectivity index (χ1) is 14.8. The summed E-state index contributed by atoms with van der Waals surface area (Å²) < 4.78 is 1.73. The van der Waals surface area contributed by atoms with Gasteiger partial charge in [-0.15, -0.1) is 0 Å². The van der Waals surface area contributed by atoms with Crippen molar-refractivity contribution < 1.29 is 0 Å². The van der Waals surface area contributed by atoms with E-state index in [9.17, 15) is 5.26 Å². The molecule has 4 aromatic rings. The van der Waals surface area contributed by atoms with Crippen molar-refractivity contribution in [1.29, 1.82) is 5.26 Å². The number of nitrogens with zero attached hydrogens (tertiary/aromatic N) is 5. The minimum atomic E-state index is 0.741. The van der Waals surface area contributed by atoms with Crippen LogP contribution in [0.3, 0.4) is 0 Å². The SMILES string of the molecule is N#Cc1c(-c2ccc(-n3cncn3)cc2)cc(-c2ccccc2)cc1N1CCCC1. The summed E-state index contributed by atoms with van der Waals surface area (Å²) in [5.74, 6) is 0. The maximum absolute atomic E-state index is 10.1. The third kappa shape index (κ3) is 3.33. The summed E-state index contributed by atoms with van der Waals surface area (Å²) in [5.41, 5.74) is 6.99. The molecule has 146 valence electrons. The number of rotatable bonds is 4. The van der Waals surface area contributed by atoms with Gasteiger partial charge >= 0.3 is 0 Å². The van der Waals surface area contributed by atoms with Crippen LogP contribution in [0.5, 0.6) is 0 Å². The highest BCUT2D eigenvalue weighted by atomic mass is 15.3. The van der Waals surface area contributed by atoms with E-state index < -0.39 is 0 Å². The Morgan fingerprint density at radius 1 is 0.833 bits per heavy atom. The van der Waals surface area contributed by atoms with Gasteiger partial charge in [0.25, 0.3) is 0 Å². The molecule has 5 heteroatoms. The molecule has 5 nitrogen and oxygen atoms in total. The quantitative estimate of drug-likeness (QED) is 0.487. The molecule has 0 saturated carbocycles. The number of hydrogen-bond acceptors (Lipinski definition) is 4. The number of hydrogen-bond donors (Lipinski definition) is 0. The standard InChI is InChI=1S/C25H21N5/c26-16-24-23(20-8-10-22(11-9-20)30-18-27-17-28-30)14-21(19-6-2-1-3-7-19)15-25(24)29-12-4-5-13-29/h1-3,6-11,14-15,17-18H,4-5,12-13H2. The molecule has 0 unspecified atom stereocenters. The molecule has 1 saturated heterocycles. The van der Waals surface area contributed by atoms with Crippen molar-refractivity contribution in [1.82, 2.24) is 14.8 Å². The fourth-order valence-electron chi connectivity index (χ4n) is 4.11. The van der Waals surface area contributed by atoms with Gasteiger partial charge in [0.2, 0.25) is 0 Å². The molecular formula is C25H21N5. The zero-order chi connectivity index (χ0) is 20.3. The number of anilines is 1. The van der Waals surface area contributed by atoms with Crippen molar-refractivity contribution in [2.45, 2.75) is 12.8 Å². The van der Waals surface area contributed by atoms with Gasteiger partial charge in [-0.25, -0.2) is 9.67 Å². The second-order valence-corrected chi connectivity index (χ2v) is 7.48. The Hall–Kier alpha value is -3.91. The molecule has 0 bridgehead atoms. The van der Waals surface area contributed by atoms with Gasteiger partial charge in [0.05, 0.1) is 16.9 Å². The molecule has 30 heavy (non-hydrogen) atoms. The molecule has 2 heterocycles. The van der Waals surface area contributed by atoms with Gasteiger partial charge in [-0.2, -0.15) is 10.4 Å². The molecule has 0 atom stereocenters. The van der Waals surface area contributed by atoms with E-state index in [1.165, 1.54) is 19.2 Å². The molecule has 0 amide bonds. The molecule has 0 aliphatic carbocycles. The Balaban J connectivity index is 1.66. The summed E-state index contributed by atoms with van der Waals surface area (Å²) in [7, 11) is 0. The van der Waals surface area contributed by atoms with E-state index in [1.54, 1.807) is 11.0 Å². The molecule has 5 rings (SSSR count). The van der Waals surface area contributed by atoms with E-state index in [0.29, 0.717) is 0 Å². The summed E-state index contributed by atoms with van der Waals surface area (Å²) in [6.07, 6.45) is 5.54. The Morgan fingerprint density at radius 2 is 1.60 bits per heavy atom. The highest BCUT2D eigenvalue weighted by molar-refractivity contribution is 5.85. The molecule has 1 fully saturated rings. The predicted molar refractivity (Wildman–Crippen MR) is 118 cm³/mol. The maximum atomic E-state index is 10.1. The van der Waals surface area contributed by atoms with Gasteiger partial charge < -0.3 is 4.90 Å². The lowest BCUT2D eigenvalue weighted by molar-refractivity contribution is 0.879. The summed E-state index contributed by atoms with van der Waals surface area (Å²) in [6, 6.07) is 25.3. The molecule has 1 aliphatic heterocycles. The predicted octanol–water partition coefficient (Wildman–Crippen LogP) is 5.07. The molecule has 0 radical (unpaired) electrons. The van der Waals surface area contributed by atoms with E-state index in [4.69, 9.17) is 0 Å². The van der Waals surface area contributed by atoms with Gasteiger partial charge in [-0.05, 0) is 53.8 Å². The second-order valence-electron chi connectivity index (χ2n) is 7.48. The van der Waals surface area contributed by atoms with Gasteiger partial charge in [0.15, 0.2) is 0 Å². The summed E-state index contributed by atoms with van der Waals surface area (Å²) in [5, 5.41) is 14.3. The molecule has 1 aromatic heterocycles. The first-order valence-corrected chi connectivity index (χ1v) is 10.2. The molecule has 0 spiro atoms. The molecule has 1 aliphatic rings. The van der Waals surface area contributed by atoms with Crippen LogP contribution in [0.25, 0.3) is 27.9 Å². The minimum absolute atomic E-state index is 0.741. The largest absolute Gasteiger partial charge is 0.370 e. The average Bonchev–Trinajstić information content (AvgIpc) is 3.53. The van der Waals surface area contributed by atoms with E-state index in [-0.39, 0.29) is 0 Å². The summed E-state index contributed by atoms with van der Waals surface area (Å²) in [6.45, 7) is 2.00.